The minimum absolute atomic E-state index is 1.09. The second-order valence-electron chi connectivity index (χ2n) is 3.83. The average molecular weight is 190 g/mol. The Kier molecular flexibility index (Phi) is 2.62. The van der Waals surface area contributed by atoms with E-state index in [1.54, 1.807) is 0 Å². The van der Waals surface area contributed by atoms with Crippen LogP contribution in [0.4, 0.5) is 11.4 Å². The lowest BCUT2D eigenvalue weighted by atomic mass is 10.1. The zero-order chi connectivity index (χ0) is 9.97. The predicted octanol–water partition coefficient (Wildman–Crippen LogP) is 2.64. The average Bonchev–Trinajstić information content (AvgIpc) is 2.40. The molecule has 0 radical (unpaired) electrons. The third-order valence-electron chi connectivity index (χ3n) is 2.88. The minimum atomic E-state index is 1.09. The molecule has 0 spiro atoms. The van der Waals surface area contributed by atoms with Crippen LogP contribution in [-0.2, 0) is 0 Å². The Morgan fingerprint density at radius 1 is 1.43 bits per heavy atom. The van der Waals surface area contributed by atoms with E-state index in [9.17, 15) is 0 Å². The van der Waals surface area contributed by atoms with Crippen LogP contribution < -0.4 is 10.2 Å². The highest BCUT2D eigenvalue weighted by Crippen LogP contribution is 2.30. The van der Waals surface area contributed by atoms with Crippen molar-refractivity contribution in [2.75, 3.05) is 29.9 Å². The molecule has 0 atom stereocenters. The summed E-state index contributed by atoms with van der Waals surface area (Å²) in [4.78, 5) is 2.45. The number of hydrogen-bond donors (Lipinski definition) is 1. The summed E-state index contributed by atoms with van der Waals surface area (Å²) in [5, 5.41) is 3.52. The fraction of sp³-hybridized carbons (Fsp3) is 0.500. The molecule has 0 aromatic heterocycles. The lowest BCUT2D eigenvalue weighted by Crippen LogP contribution is -2.23. The fourth-order valence-electron chi connectivity index (χ4n) is 2.08. The van der Waals surface area contributed by atoms with Crippen LogP contribution >= 0.6 is 0 Å². The topological polar surface area (TPSA) is 15.3 Å². The van der Waals surface area contributed by atoms with Gasteiger partial charge in [0.15, 0.2) is 0 Å². The van der Waals surface area contributed by atoms with E-state index < -0.39 is 0 Å². The van der Waals surface area contributed by atoms with Gasteiger partial charge in [0, 0.05) is 19.6 Å². The van der Waals surface area contributed by atoms with Gasteiger partial charge in [0.1, 0.15) is 0 Å². The molecule has 0 bridgehead atoms. The first kappa shape index (κ1) is 9.38. The molecule has 0 fully saturated rings. The highest BCUT2D eigenvalue weighted by atomic mass is 15.2. The maximum atomic E-state index is 3.52. The third kappa shape index (κ3) is 1.57. The summed E-state index contributed by atoms with van der Waals surface area (Å²) in [6.45, 7) is 7.74. The molecule has 1 aromatic rings. The predicted molar refractivity (Wildman–Crippen MR) is 62.2 cm³/mol. The minimum Gasteiger partial charge on any atom is -0.383 e. The summed E-state index contributed by atoms with van der Waals surface area (Å²) in [5.41, 5.74) is 4.04. The molecular weight excluding hydrogens is 172 g/mol. The van der Waals surface area contributed by atoms with Gasteiger partial charge in [-0.15, -0.1) is 0 Å². The molecule has 2 rings (SSSR count). The lowest BCUT2D eigenvalue weighted by Gasteiger charge is -2.23. The number of anilines is 2. The largest absolute Gasteiger partial charge is 0.383 e. The lowest BCUT2D eigenvalue weighted by molar-refractivity contribution is 0.786. The van der Waals surface area contributed by atoms with Gasteiger partial charge in [-0.05, 0) is 31.9 Å². The Balaban J connectivity index is 2.44. The summed E-state index contributed by atoms with van der Waals surface area (Å²) in [5.74, 6) is 0. The number of nitrogens with one attached hydrogen (secondary N) is 1. The van der Waals surface area contributed by atoms with Crippen molar-refractivity contribution in [3.05, 3.63) is 23.8 Å². The molecule has 2 nitrogen and oxygen atoms in total. The van der Waals surface area contributed by atoms with E-state index in [4.69, 9.17) is 0 Å². The van der Waals surface area contributed by atoms with Gasteiger partial charge in [0.2, 0.25) is 0 Å². The number of fused-ring (bicyclic) bond motifs is 1. The van der Waals surface area contributed by atoms with Crippen LogP contribution in [0, 0.1) is 6.92 Å². The molecule has 2 heteroatoms. The first-order valence-corrected chi connectivity index (χ1v) is 5.41. The molecule has 0 amide bonds. The van der Waals surface area contributed by atoms with E-state index in [2.05, 4.69) is 42.3 Å². The highest BCUT2D eigenvalue weighted by molar-refractivity contribution is 5.74. The van der Waals surface area contributed by atoms with Gasteiger partial charge in [-0.2, -0.15) is 0 Å². The zero-order valence-electron chi connectivity index (χ0n) is 9.01. The number of benzene rings is 1. The second kappa shape index (κ2) is 3.91. The van der Waals surface area contributed by atoms with Crippen LogP contribution in [-0.4, -0.2) is 19.6 Å². The second-order valence-corrected chi connectivity index (χ2v) is 3.83. The smallest absolute Gasteiger partial charge is 0.0607 e. The Morgan fingerprint density at radius 2 is 2.29 bits per heavy atom. The van der Waals surface area contributed by atoms with Crippen molar-refractivity contribution in [1.82, 2.24) is 0 Å². The van der Waals surface area contributed by atoms with Crippen molar-refractivity contribution in [1.29, 1.82) is 0 Å². The molecule has 76 valence electrons. The molecule has 0 unspecified atom stereocenters. The first-order chi connectivity index (χ1) is 6.83. The Hall–Kier alpha value is -1.18. The molecule has 1 aliphatic heterocycles. The van der Waals surface area contributed by atoms with Gasteiger partial charge in [0.25, 0.3) is 0 Å². The molecule has 0 saturated heterocycles. The number of para-hydroxylation sites is 1. The van der Waals surface area contributed by atoms with Gasteiger partial charge in [-0.1, -0.05) is 12.1 Å². The molecular formula is C12H18N2. The zero-order valence-corrected chi connectivity index (χ0v) is 9.01. The van der Waals surface area contributed by atoms with E-state index in [0.717, 1.165) is 13.1 Å². The van der Waals surface area contributed by atoms with E-state index >= 15 is 0 Å². The van der Waals surface area contributed by atoms with Crippen LogP contribution in [0.15, 0.2) is 18.2 Å². The molecule has 1 aromatic carbocycles. The van der Waals surface area contributed by atoms with Gasteiger partial charge in [0.05, 0.1) is 11.4 Å². The summed E-state index contributed by atoms with van der Waals surface area (Å²) in [6.07, 6.45) is 1.22. The summed E-state index contributed by atoms with van der Waals surface area (Å²) < 4.78 is 0. The SMILES string of the molecule is CCN1CCCNc2c(C)cccc21. The number of nitrogens with zero attached hydrogens (tertiary/aromatic N) is 1. The van der Waals surface area contributed by atoms with Crippen molar-refractivity contribution in [3.63, 3.8) is 0 Å². The molecule has 0 saturated carbocycles. The quantitative estimate of drug-likeness (QED) is 0.732. The van der Waals surface area contributed by atoms with E-state index in [1.165, 1.54) is 29.9 Å². The molecule has 0 aliphatic carbocycles. The van der Waals surface area contributed by atoms with Crippen molar-refractivity contribution in [3.8, 4) is 0 Å². The van der Waals surface area contributed by atoms with Crippen molar-refractivity contribution in [2.45, 2.75) is 20.3 Å². The van der Waals surface area contributed by atoms with Crippen LogP contribution in [0.5, 0.6) is 0 Å². The standard InChI is InChI=1S/C12H18N2/c1-3-14-9-5-8-13-12-10(2)6-4-7-11(12)14/h4,6-7,13H,3,5,8-9H2,1-2H3. The number of aryl methyl sites for hydroxylation is 1. The maximum absolute atomic E-state index is 3.52. The van der Waals surface area contributed by atoms with Gasteiger partial charge < -0.3 is 10.2 Å². The molecule has 14 heavy (non-hydrogen) atoms. The van der Waals surface area contributed by atoms with Crippen LogP contribution in [0.2, 0.25) is 0 Å². The summed E-state index contributed by atoms with van der Waals surface area (Å²) >= 11 is 0. The van der Waals surface area contributed by atoms with Crippen molar-refractivity contribution >= 4 is 11.4 Å². The highest BCUT2D eigenvalue weighted by Gasteiger charge is 2.14. The Morgan fingerprint density at radius 3 is 3.07 bits per heavy atom. The van der Waals surface area contributed by atoms with Crippen LogP contribution in [0.25, 0.3) is 0 Å². The molecule has 1 N–H and O–H groups in total. The Bertz CT molecular complexity index is 320. The maximum Gasteiger partial charge on any atom is 0.0607 e. The van der Waals surface area contributed by atoms with E-state index in [-0.39, 0.29) is 0 Å². The summed E-state index contributed by atoms with van der Waals surface area (Å²) in [6, 6.07) is 6.53. The van der Waals surface area contributed by atoms with Crippen molar-refractivity contribution < 1.29 is 0 Å². The van der Waals surface area contributed by atoms with Crippen LogP contribution in [0.1, 0.15) is 18.9 Å². The van der Waals surface area contributed by atoms with E-state index in [0.29, 0.717) is 0 Å². The van der Waals surface area contributed by atoms with Gasteiger partial charge in [-0.3, -0.25) is 0 Å². The molecule has 1 aliphatic rings. The van der Waals surface area contributed by atoms with Gasteiger partial charge in [-0.25, -0.2) is 0 Å². The first-order valence-electron chi connectivity index (χ1n) is 5.41. The molecule has 1 heterocycles. The fourth-order valence-corrected chi connectivity index (χ4v) is 2.08. The Labute approximate surface area is 85.9 Å². The van der Waals surface area contributed by atoms with Gasteiger partial charge >= 0.3 is 0 Å². The summed E-state index contributed by atoms with van der Waals surface area (Å²) in [7, 11) is 0. The number of rotatable bonds is 1. The van der Waals surface area contributed by atoms with Crippen LogP contribution in [0.3, 0.4) is 0 Å². The third-order valence-corrected chi connectivity index (χ3v) is 2.88. The number of hydrogen-bond acceptors (Lipinski definition) is 2. The normalized spacial score (nSPS) is 15.7. The monoisotopic (exact) mass is 190 g/mol. The van der Waals surface area contributed by atoms with E-state index in [1.807, 2.05) is 0 Å². The van der Waals surface area contributed by atoms with Crippen molar-refractivity contribution in [2.24, 2.45) is 0 Å².